The summed E-state index contributed by atoms with van der Waals surface area (Å²) < 4.78 is 0.0391. The summed E-state index contributed by atoms with van der Waals surface area (Å²) in [6, 6.07) is 7.58. The second-order valence-electron chi connectivity index (χ2n) is 5.02. The summed E-state index contributed by atoms with van der Waals surface area (Å²) in [7, 11) is 0. The van der Waals surface area contributed by atoms with E-state index < -0.39 is 0 Å². The number of nitrogens with one attached hydrogen (secondary N) is 3. The molecule has 2 amide bonds. The van der Waals surface area contributed by atoms with Gasteiger partial charge in [-0.2, -0.15) is 11.8 Å². The third-order valence-corrected chi connectivity index (χ3v) is 4.32. The van der Waals surface area contributed by atoms with Crippen LogP contribution in [0.25, 0.3) is 10.9 Å². The quantitative estimate of drug-likeness (QED) is 0.802. The smallest absolute Gasteiger partial charge is 0.319 e. The maximum atomic E-state index is 11.9. The molecule has 1 aromatic carbocycles. The molecule has 0 radical (unpaired) electrons. The zero-order chi connectivity index (χ0) is 13.9. The first kappa shape index (κ1) is 13.8. The zero-order valence-corrected chi connectivity index (χ0v) is 12.2. The van der Waals surface area contributed by atoms with Crippen LogP contribution in [0.2, 0.25) is 0 Å². The van der Waals surface area contributed by atoms with Crippen LogP contribution in [0.5, 0.6) is 0 Å². The van der Waals surface area contributed by atoms with Crippen LogP contribution in [0.4, 0.5) is 10.5 Å². The largest absolute Gasteiger partial charge is 0.361 e. The SMILES string of the molecule is CSC(C)(C)CNC(=O)Nc1cccc2[nH]ccc12. The van der Waals surface area contributed by atoms with Crippen LogP contribution in [0.1, 0.15) is 13.8 Å². The predicted octanol–water partition coefficient (Wildman–Crippen LogP) is 3.43. The number of thioether (sulfide) groups is 1. The van der Waals surface area contributed by atoms with E-state index in [9.17, 15) is 4.79 Å². The van der Waals surface area contributed by atoms with Gasteiger partial charge in [-0.1, -0.05) is 6.07 Å². The maximum Gasteiger partial charge on any atom is 0.319 e. The Morgan fingerprint density at radius 1 is 1.37 bits per heavy atom. The lowest BCUT2D eigenvalue weighted by Gasteiger charge is -2.22. The van der Waals surface area contributed by atoms with Crippen molar-refractivity contribution in [2.24, 2.45) is 0 Å². The average molecular weight is 277 g/mol. The van der Waals surface area contributed by atoms with Crippen molar-refractivity contribution >= 4 is 34.4 Å². The van der Waals surface area contributed by atoms with Gasteiger partial charge >= 0.3 is 6.03 Å². The average Bonchev–Trinajstić information content (AvgIpc) is 2.86. The third kappa shape index (κ3) is 3.44. The second kappa shape index (κ2) is 5.57. The van der Waals surface area contributed by atoms with Crippen molar-refractivity contribution in [3.05, 3.63) is 30.5 Å². The van der Waals surface area contributed by atoms with E-state index in [4.69, 9.17) is 0 Å². The molecule has 0 spiro atoms. The molecule has 2 rings (SSSR count). The van der Waals surface area contributed by atoms with E-state index in [0.717, 1.165) is 16.6 Å². The number of carbonyl (C=O) groups excluding carboxylic acids is 1. The second-order valence-corrected chi connectivity index (χ2v) is 6.53. The fraction of sp³-hybridized carbons (Fsp3) is 0.357. The minimum Gasteiger partial charge on any atom is -0.361 e. The van der Waals surface area contributed by atoms with Gasteiger partial charge in [0.1, 0.15) is 0 Å². The van der Waals surface area contributed by atoms with Crippen molar-refractivity contribution in [2.75, 3.05) is 18.1 Å². The number of carbonyl (C=O) groups is 1. The molecule has 4 nitrogen and oxygen atoms in total. The number of anilines is 1. The predicted molar refractivity (Wildman–Crippen MR) is 82.9 cm³/mol. The summed E-state index contributed by atoms with van der Waals surface area (Å²) in [5.74, 6) is 0. The van der Waals surface area contributed by atoms with Gasteiger partial charge in [0.25, 0.3) is 0 Å². The Balaban J connectivity index is 2.01. The Kier molecular flexibility index (Phi) is 4.04. The molecule has 1 heterocycles. The van der Waals surface area contributed by atoms with Gasteiger partial charge in [0, 0.05) is 28.4 Å². The van der Waals surface area contributed by atoms with E-state index in [0.29, 0.717) is 6.54 Å². The minimum atomic E-state index is -0.171. The van der Waals surface area contributed by atoms with Gasteiger partial charge in [-0.25, -0.2) is 4.79 Å². The van der Waals surface area contributed by atoms with Crippen molar-refractivity contribution in [3.8, 4) is 0 Å². The number of aromatic nitrogens is 1. The van der Waals surface area contributed by atoms with Gasteiger partial charge in [0.05, 0.1) is 5.69 Å². The number of H-pyrrole nitrogens is 1. The fourth-order valence-corrected chi connectivity index (χ4v) is 1.94. The summed E-state index contributed by atoms with van der Waals surface area (Å²) in [4.78, 5) is 15.0. The van der Waals surface area contributed by atoms with E-state index in [1.807, 2.05) is 36.7 Å². The number of benzene rings is 1. The lowest BCUT2D eigenvalue weighted by Crippen LogP contribution is -2.38. The highest BCUT2D eigenvalue weighted by molar-refractivity contribution is 7.99. The molecule has 0 atom stereocenters. The molecular formula is C14H19N3OS. The summed E-state index contributed by atoms with van der Waals surface area (Å²) in [6.07, 6.45) is 3.91. The van der Waals surface area contributed by atoms with E-state index in [1.165, 1.54) is 0 Å². The van der Waals surface area contributed by atoms with E-state index in [-0.39, 0.29) is 10.8 Å². The zero-order valence-electron chi connectivity index (χ0n) is 11.4. The molecule has 0 aliphatic rings. The Hall–Kier alpha value is -1.62. The lowest BCUT2D eigenvalue weighted by molar-refractivity contribution is 0.251. The number of fused-ring (bicyclic) bond motifs is 1. The van der Waals surface area contributed by atoms with Crippen molar-refractivity contribution in [2.45, 2.75) is 18.6 Å². The van der Waals surface area contributed by atoms with Crippen LogP contribution in [0, 0.1) is 0 Å². The Morgan fingerprint density at radius 3 is 2.89 bits per heavy atom. The molecule has 0 fully saturated rings. The molecule has 2 aromatic rings. The molecule has 0 aliphatic heterocycles. The van der Waals surface area contributed by atoms with Gasteiger partial charge in [-0.05, 0) is 38.3 Å². The lowest BCUT2D eigenvalue weighted by atomic mass is 10.2. The maximum absolute atomic E-state index is 11.9. The van der Waals surface area contributed by atoms with Crippen LogP contribution >= 0.6 is 11.8 Å². The monoisotopic (exact) mass is 277 g/mol. The van der Waals surface area contributed by atoms with Crippen molar-refractivity contribution in [1.29, 1.82) is 0 Å². The van der Waals surface area contributed by atoms with Crippen molar-refractivity contribution in [1.82, 2.24) is 10.3 Å². The highest BCUT2D eigenvalue weighted by Gasteiger charge is 2.17. The minimum absolute atomic E-state index is 0.0391. The number of hydrogen-bond donors (Lipinski definition) is 3. The summed E-state index contributed by atoms with van der Waals surface area (Å²) in [5.41, 5.74) is 1.83. The summed E-state index contributed by atoms with van der Waals surface area (Å²) in [6.45, 7) is 4.83. The number of urea groups is 1. The molecule has 1 aromatic heterocycles. The number of hydrogen-bond acceptors (Lipinski definition) is 2. The highest BCUT2D eigenvalue weighted by Crippen LogP contribution is 2.22. The van der Waals surface area contributed by atoms with Crippen LogP contribution in [-0.4, -0.2) is 28.6 Å². The van der Waals surface area contributed by atoms with Crippen LogP contribution in [-0.2, 0) is 0 Å². The number of rotatable bonds is 4. The Labute approximate surface area is 117 Å². The van der Waals surface area contributed by atoms with E-state index >= 15 is 0 Å². The fourth-order valence-electron chi connectivity index (χ4n) is 1.73. The number of amides is 2. The molecule has 19 heavy (non-hydrogen) atoms. The molecule has 0 bridgehead atoms. The first-order chi connectivity index (χ1) is 9.02. The van der Waals surface area contributed by atoms with Gasteiger partial charge < -0.3 is 15.6 Å². The van der Waals surface area contributed by atoms with Crippen LogP contribution in [0.15, 0.2) is 30.5 Å². The van der Waals surface area contributed by atoms with Gasteiger partial charge in [-0.15, -0.1) is 0 Å². The topological polar surface area (TPSA) is 56.9 Å². The number of aromatic amines is 1. The van der Waals surface area contributed by atoms with Crippen LogP contribution in [0.3, 0.4) is 0 Å². The molecule has 102 valence electrons. The van der Waals surface area contributed by atoms with Gasteiger partial charge in [0.2, 0.25) is 0 Å². The Bertz CT molecular complexity index is 577. The molecule has 0 saturated heterocycles. The first-order valence-electron chi connectivity index (χ1n) is 6.18. The highest BCUT2D eigenvalue weighted by atomic mass is 32.2. The van der Waals surface area contributed by atoms with Gasteiger partial charge in [-0.3, -0.25) is 0 Å². The van der Waals surface area contributed by atoms with Crippen molar-refractivity contribution in [3.63, 3.8) is 0 Å². The van der Waals surface area contributed by atoms with E-state index in [1.54, 1.807) is 11.8 Å². The normalized spacial score (nSPS) is 11.5. The molecular weight excluding hydrogens is 258 g/mol. The third-order valence-electron chi connectivity index (χ3n) is 3.07. The Morgan fingerprint density at radius 2 is 2.16 bits per heavy atom. The standard InChI is InChI=1S/C14H19N3OS/c1-14(2,19-3)9-16-13(18)17-12-6-4-5-11-10(12)7-8-15-11/h4-8,15H,9H2,1-3H3,(H2,16,17,18). The molecule has 0 aliphatic carbocycles. The summed E-state index contributed by atoms with van der Waals surface area (Å²) in [5, 5.41) is 6.80. The summed E-state index contributed by atoms with van der Waals surface area (Å²) >= 11 is 1.73. The first-order valence-corrected chi connectivity index (χ1v) is 7.40. The van der Waals surface area contributed by atoms with Crippen LogP contribution < -0.4 is 10.6 Å². The van der Waals surface area contributed by atoms with E-state index in [2.05, 4.69) is 29.5 Å². The molecule has 5 heteroatoms. The molecule has 0 unspecified atom stereocenters. The molecule has 3 N–H and O–H groups in total. The van der Waals surface area contributed by atoms with Crippen molar-refractivity contribution < 1.29 is 4.79 Å². The molecule has 0 saturated carbocycles. The van der Waals surface area contributed by atoms with Gasteiger partial charge in [0.15, 0.2) is 0 Å².